The van der Waals surface area contributed by atoms with Crippen molar-refractivity contribution in [1.82, 2.24) is 4.90 Å². The van der Waals surface area contributed by atoms with Gasteiger partial charge >= 0.3 is 6.03 Å². The number of urea groups is 1. The minimum absolute atomic E-state index is 0.114. The zero-order chi connectivity index (χ0) is 12.7. The third-order valence-electron chi connectivity index (χ3n) is 1.99. The highest BCUT2D eigenvalue weighted by atomic mass is 35.5. The van der Waals surface area contributed by atoms with Gasteiger partial charge in [0.25, 0.3) is 0 Å². The normalized spacial score (nSPS) is 10.1. The van der Waals surface area contributed by atoms with Gasteiger partial charge in [-0.25, -0.2) is 9.21 Å². The molecule has 0 N–H and O–H groups in total. The van der Waals surface area contributed by atoms with E-state index in [1.165, 1.54) is 19.1 Å². The van der Waals surface area contributed by atoms with Gasteiger partial charge in [0, 0.05) is 26.0 Å². The molecule has 0 fully saturated rings. The first-order chi connectivity index (χ1) is 8.20. The lowest BCUT2D eigenvalue weighted by atomic mass is 10.3. The molecule has 0 aliphatic heterocycles. The zero-order valence-corrected chi connectivity index (χ0v) is 10.6. The maximum absolute atomic E-state index is 12.0. The van der Waals surface area contributed by atoms with Crippen LogP contribution in [0.15, 0.2) is 30.3 Å². The van der Waals surface area contributed by atoms with Gasteiger partial charge in [0.2, 0.25) is 0 Å². The lowest BCUT2D eigenvalue weighted by Gasteiger charge is -2.24. The molecular formula is C11H15ClN2O3. The molecule has 0 radical (unpaired) electrons. The highest BCUT2D eigenvalue weighted by Gasteiger charge is 2.20. The molecule has 6 heteroatoms. The summed E-state index contributed by atoms with van der Waals surface area (Å²) in [7, 11) is 2.99. The van der Waals surface area contributed by atoms with Gasteiger partial charge in [-0.1, -0.05) is 18.2 Å². The quantitative estimate of drug-likeness (QED) is 0.601. The Bertz CT molecular complexity index is 342. The molecule has 0 heterocycles. The van der Waals surface area contributed by atoms with Crippen LogP contribution in [0.5, 0.6) is 0 Å². The summed E-state index contributed by atoms with van der Waals surface area (Å²) < 4.78 is 10.8. The third kappa shape index (κ3) is 3.89. The second kappa shape index (κ2) is 7.11. The van der Waals surface area contributed by atoms with Crippen molar-refractivity contribution in [3.63, 3.8) is 0 Å². The molecule has 0 saturated carbocycles. The van der Waals surface area contributed by atoms with E-state index in [2.05, 4.69) is 0 Å². The minimum Gasteiger partial charge on any atom is -0.364 e. The maximum atomic E-state index is 12.0. The number of ether oxygens (including phenoxy) is 2. The highest BCUT2D eigenvalue weighted by molar-refractivity contribution is 6.36. The number of carbonyl (C=O) groups excluding carboxylic acids is 1. The van der Waals surface area contributed by atoms with E-state index >= 15 is 0 Å². The highest BCUT2D eigenvalue weighted by Crippen LogP contribution is 2.17. The first-order valence-corrected chi connectivity index (χ1v) is 5.32. The fraction of sp³-hybridized carbons (Fsp3) is 0.364. The number of hydrogen-bond acceptors (Lipinski definition) is 3. The zero-order valence-electron chi connectivity index (χ0n) is 9.80. The lowest BCUT2D eigenvalue weighted by Crippen LogP contribution is -2.41. The molecule has 1 aromatic carbocycles. The molecule has 0 saturated heterocycles. The third-order valence-corrected chi connectivity index (χ3v) is 2.33. The van der Waals surface area contributed by atoms with Crippen LogP contribution in [0.3, 0.4) is 0 Å². The van der Waals surface area contributed by atoms with Crippen molar-refractivity contribution >= 4 is 23.5 Å². The van der Waals surface area contributed by atoms with Crippen LogP contribution in [0.1, 0.15) is 0 Å². The van der Waals surface area contributed by atoms with E-state index in [-0.39, 0.29) is 13.5 Å². The molecule has 94 valence electrons. The van der Waals surface area contributed by atoms with Crippen LogP contribution in [0.4, 0.5) is 10.5 Å². The lowest BCUT2D eigenvalue weighted by molar-refractivity contribution is 0.0157. The van der Waals surface area contributed by atoms with Gasteiger partial charge in [0.05, 0.1) is 5.69 Å². The monoisotopic (exact) mass is 258 g/mol. The van der Waals surface area contributed by atoms with Crippen molar-refractivity contribution in [2.75, 3.05) is 32.1 Å². The number of carbonyl (C=O) groups is 1. The number of anilines is 1. The molecule has 5 nitrogen and oxygen atoms in total. The van der Waals surface area contributed by atoms with Crippen molar-refractivity contribution in [3.8, 4) is 0 Å². The molecule has 0 unspecified atom stereocenters. The first-order valence-electron chi connectivity index (χ1n) is 4.98. The summed E-state index contributed by atoms with van der Waals surface area (Å²) in [6.07, 6.45) is 0. The van der Waals surface area contributed by atoms with E-state index in [1.54, 1.807) is 24.3 Å². The largest absolute Gasteiger partial charge is 0.364 e. The van der Waals surface area contributed by atoms with Crippen LogP contribution in [0.2, 0.25) is 0 Å². The van der Waals surface area contributed by atoms with Crippen LogP contribution < -0.4 is 4.42 Å². The number of methoxy groups -OCH3 is 2. The molecule has 17 heavy (non-hydrogen) atoms. The Kier molecular flexibility index (Phi) is 5.76. The summed E-state index contributed by atoms with van der Waals surface area (Å²) in [6, 6.07) is 8.53. The van der Waals surface area contributed by atoms with Crippen molar-refractivity contribution in [3.05, 3.63) is 30.3 Å². The second-order valence-electron chi connectivity index (χ2n) is 3.27. The maximum Gasteiger partial charge on any atom is 0.343 e. The number of nitrogens with zero attached hydrogens (tertiary/aromatic N) is 2. The number of hydrogen-bond donors (Lipinski definition) is 0. The summed E-state index contributed by atoms with van der Waals surface area (Å²) in [5.74, 6) is 0. The molecule has 0 aliphatic carbocycles. The SMILES string of the molecule is COCN(COC)C(=O)N(Cl)c1ccccc1. The number of benzene rings is 1. The Labute approximate surface area is 106 Å². The Balaban J connectivity index is 2.73. The van der Waals surface area contributed by atoms with Gasteiger partial charge in [-0.2, -0.15) is 0 Å². The van der Waals surface area contributed by atoms with E-state index in [0.717, 1.165) is 4.42 Å². The fourth-order valence-electron chi connectivity index (χ4n) is 1.25. The predicted molar refractivity (Wildman–Crippen MR) is 65.8 cm³/mol. The Morgan fingerprint density at radius 1 is 1.18 bits per heavy atom. The molecule has 1 aromatic rings. The standard InChI is InChI=1S/C11H15ClN2O3/c1-16-8-13(9-17-2)11(15)14(12)10-6-4-3-5-7-10/h3-7H,8-9H2,1-2H3. The average molecular weight is 259 g/mol. The molecule has 0 aromatic heterocycles. The van der Waals surface area contributed by atoms with E-state index in [1.807, 2.05) is 6.07 Å². The van der Waals surface area contributed by atoms with Gasteiger partial charge in [-0.15, -0.1) is 0 Å². The number of rotatable bonds is 5. The molecule has 1 rings (SSSR count). The molecule has 2 amide bonds. The van der Waals surface area contributed by atoms with Gasteiger partial charge < -0.3 is 9.47 Å². The van der Waals surface area contributed by atoms with E-state index in [9.17, 15) is 4.79 Å². The van der Waals surface area contributed by atoms with Crippen molar-refractivity contribution in [2.24, 2.45) is 0 Å². The fourth-order valence-corrected chi connectivity index (χ4v) is 1.47. The number of para-hydroxylation sites is 1. The summed E-state index contributed by atoms with van der Waals surface area (Å²) in [5.41, 5.74) is 0.594. The van der Waals surface area contributed by atoms with Gasteiger partial charge in [-0.05, 0) is 12.1 Å². The van der Waals surface area contributed by atoms with E-state index in [0.29, 0.717) is 5.69 Å². The molecule has 0 spiro atoms. The van der Waals surface area contributed by atoms with Crippen molar-refractivity contribution in [1.29, 1.82) is 0 Å². The van der Waals surface area contributed by atoms with Crippen molar-refractivity contribution in [2.45, 2.75) is 0 Å². The Hall–Kier alpha value is -1.30. The van der Waals surface area contributed by atoms with Crippen LogP contribution in [0, 0.1) is 0 Å². The van der Waals surface area contributed by atoms with Crippen molar-refractivity contribution < 1.29 is 14.3 Å². The summed E-state index contributed by atoms with van der Waals surface area (Å²) >= 11 is 5.95. The van der Waals surface area contributed by atoms with Crippen LogP contribution in [-0.4, -0.2) is 38.6 Å². The predicted octanol–water partition coefficient (Wildman–Crippen LogP) is 2.28. The topological polar surface area (TPSA) is 42.0 Å². The van der Waals surface area contributed by atoms with E-state index < -0.39 is 6.03 Å². The Morgan fingerprint density at radius 2 is 1.71 bits per heavy atom. The molecular weight excluding hydrogens is 244 g/mol. The van der Waals surface area contributed by atoms with Gasteiger partial charge in [-0.3, -0.25) is 4.90 Å². The minimum atomic E-state index is -0.401. The van der Waals surface area contributed by atoms with Crippen LogP contribution in [0.25, 0.3) is 0 Å². The van der Waals surface area contributed by atoms with Gasteiger partial charge in [0.15, 0.2) is 0 Å². The summed E-state index contributed by atoms with van der Waals surface area (Å²) in [4.78, 5) is 13.3. The smallest absolute Gasteiger partial charge is 0.343 e. The van der Waals surface area contributed by atoms with E-state index in [4.69, 9.17) is 21.3 Å². The number of amides is 2. The molecule has 0 atom stereocenters. The molecule has 0 bridgehead atoms. The summed E-state index contributed by atoms with van der Waals surface area (Å²) in [6.45, 7) is 0.228. The van der Waals surface area contributed by atoms with Gasteiger partial charge in [0.1, 0.15) is 13.5 Å². The summed E-state index contributed by atoms with van der Waals surface area (Å²) in [5, 5.41) is 0. The average Bonchev–Trinajstić information content (AvgIpc) is 2.38. The number of halogens is 1. The second-order valence-corrected chi connectivity index (χ2v) is 3.61. The molecule has 0 aliphatic rings. The first kappa shape index (κ1) is 13.8. The Morgan fingerprint density at radius 3 is 2.18 bits per heavy atom. The van der Waals surface area contributed by atoms with Crippen LogP contribution >= 0.6 is 11.8 Å². The van der Waals surface area contributed by atoms with Crippen LogP contribution in [-0.2, 0) is 9.47 Å².